The number of rotatable bonds is 3. The Bertz CT molecular complexity index is 844. The molecule has 6 atom stereocenters. The summed E-state index contributed by atoms with van der Waals surface area (Å²) in [4.78, 5) is 39.4. The smallest absolute Gasteiger partial charge is 0.244 e. The first-order chi connectivity index (χ1) is 12.5. The molecule has 0 unspecified atom stereocenters. The topological polar surface area (TPSA) is 66.5 Å². The van der Waals surface area contributed by atoms with E-state index in [0.717, 1.165) is 16.5 Å². The number of benzene rings is 1. The monoisotopic (exact) mass is 414 g/mol. The number of allylic oxidation sites excluding steroid dienone is 2. The maximum absolute atomic E-state index is 12.9. The first-order valence-electron chi connectivity index (χ1n) is 9.05. The molecule has 26 heavy (non-hydrogen) atoms. The van der Waals surface area contributed by atoms with Crippen LogP contribution in [0.5, 0.6) is 0 Å². The fraction of sp³-hybridized carbons (Fsp3) is 0.450. The van der Waals surface area contributed by atoms with Crippen LogP contribution < -0.4 is 5.32 Å². The van der Waals surface area contributed by atoms with E-state index in [2.05, 4.69) is 33.4 Å². The van der Waals surface area contributed by atoms with Crippen molar-refractivity contribution in [1.29, 1.82) is 0 Å². The van der Waals surface area contributed by atoms with Gasteiger partial charge in [0.2, 0.25) is 17.7 Å². The molecule has 134 valence electrons. The van der Waals surface area contributed by atoms with E-state index < -0.39 is 0 Å². The number of carbonyl (C=O) groups excluding carboxylic acids is 3. The lowest BCUT2D eigenvalue weighted by Crippen LogP contribution is -2.40. The molecule has 4 aliphatic carbocycles. The number of likely N-dealkylation sites (tertiary alicyclic amines) is 1. The highest BCUT2D eigenvalue weighted by Gasteiger charge is 2.67. The van der Waals surface area contributed by atoms with Crippen molar-refractivity contribution in [2.45, 2.75) is 13.3 Å². The molecule has 1 aliphatic heterocycles. The maximum Gasteiger partial charge on any atom is 0.244 e. The lowest BCUT2D eigenvalue weighted by molar-refractivity contribution is -0.142. The van der Waals surface area contributed by atoms with Crippen LogP contribution in [-0.4, -0.2) is 29.2 Å². The molecule has 5 aliphatic rings. The van der Waals surface area contributed by atoms with Gasteiger partial charge in [-0.3, -0.25) is 19.3 Å². The summed E-state index contributed by atoms with van der Waals surface area (Å²) in [5.74, 6) is 0.374. The summed E-state index contributed by atoms with van der Waals surface area (Å²) in [5, 5.41) is 2.82. The fourth-order valence-electron chi connectivity index (χ4n) is 5.28. The number of hydrogen-bond acceptors (Lipinski definition) is 3. The summed E-state index contributed by atoms with van der Waals surface area (Å²) in [6.07, 6.45) is 5.42. The predicted molar refractivity (Wildman–Crippen MR) is 98.9 cm³/mol. The second kappa shape index (κ2) is 5.52. The van der Waals surface area contributed by atoms with E-state index in [9.17, 15) is 14.4 Å². The van der Waals surface area contributed by atoms with E-state index in [1.165, 1.54) is 4.90 Å². The number of amides is 3. The molecule has 1 heterocycles. The molecule has 6 heteroatoms. The summed E-state index contributed by atoms with van der Waals surface area (Å²) in [6.45, 7) is 1.70. The van der Waals surface area contributed by atoms with Gasteiger partial charge in [-0.25, -0.2) is 0 Å². The van der Waals surface area contributed by atoms with Gasteiger partial charge in [-0.15, -0.1) is 0 Å². The maximum atomic E-state index is 12.9. The number of aryl methyl sites for hydroxylation is 1. The zero-order valence-electron chi connectivity index (χ0n) is 14.3. The van der Waals surface area contributed by atoms with E-state index in [0.29, 0.717) is 17.5 Å². The van der Waals surface area contributed by atoms with Gasteiger partial charge in [0.25, 0.3) is 0 Å². The highest BCUT2D eigenvalue weighted by atomic mass is 79.9. The molecule has 5 nitrogen and oxygen atoms in total. The second-order valence-corrected chi connectivity index (χ2v) is 8.84. The van der Waals surface area contributed by atoms with Gasteiger partial charge >= 0.3 is 0 Å². The highest BCUT2D eigenvalue weighted by Crippen LogP contribution is 2.65. The number of halogens is 1. The summed E-state index contributed by atoms with van der Waals surface area (Å²) in [6, 6.07) is 5.56. The molecule has 1 aromatic rings. The number of anilines is 1. The third-order valence-electron chi connectivity index (χ3n) is 6.52. The average molecular weight is 415 g/mol. The van der Waals surface area contributed by atoms with Crippen LogP contribution in [0.3, 0.4) is 0 Å². The number of imide groups is 1. The van der Waals surface area contributed by atoms with E-state index in [1.54, 1.807) is 0 Å². The summed E-state index contributed by atoms with van der Waals surface area (Å²) in [7, 11) is 0. The van der Waals surface area contributed by atoms with Crippen LogP contribution in [0.1, 0.15) is 12.0 Å². The Balaban J connectivity index is 1.33. The third kappa shape index (κ3) is 2.24. The average Bonchev–Trinajstić information content (AvgIpc) is 3.39. The summed E-state index contributed by atoms with van der Waals surface area (Å²) < 4.78 is 0.934. The van der Waals surface area contributed by atoms with Crippen molar-refractivity contribution in [3.8, 4) is 0 Å². The lowest BCUT2D eigenvalue weighted by atomic mass is 9.63. The minimum Gasteiger partial charge on any atom is -0.324 e. The van der Waals surface area contributed by atoms with Crippen LogP contribution in [0.4, 0.5) is 5.69 Å². The van der Waals surface area contributed by atoms with Crippen molar-refractivity contribution in [1.82, 2.24) is 4.90 Å². The number of hydrogen-bond donors (Lipinski definition) is 1. The summed E-state index contributed by atoms with van der Waals surface area (Å²) >= 11 is 3.39. The Hall–Kier alpha value is -1.95. The molecular weight excluding hydrogens is 396 g/mol. The first kappa shape index (κ1) is 16.2. The molecular formula is C20H19BrN2O3. The Kier molecular flexibility index (Phi) is 3.45. The molecule has 0 aromatic heterocycles. The molecule has 1 aromatic carbocycles. The van der Waals surface area contributed by atoms with E-state index in [4.69, 9.17) is 0 Å². The fourth-order valence-corrected chi connectivity index (χ4v) is 5.75. The van der Waals surface area contributed by atoms with Gasteiger partial charge in [0.1, 0.15) is 6.54 Å². The Morgan fingerprint density at radius 3 is 2.35 bits per heavy atom. The molecule has 2 saturated carbocycles. The lowest BCUT2D eigenvalue weighted by Gasteiger charge is -2.37. The van der Waals surface area contributed by atoms with Crippen LogP contribution in [0, 0.1) is 42.4 Å². The van der Waals surface area contributed by atoms with Gasteiger partial charge in [0.15, 0.2) is 0 Å². The Morgan fingerprint density at radius 1 is 1.15 bits per heavy atom. The van der Waals surface area contributed by atoms with Crippen LogP contribution in [0.15, 0.2) is 34.8 Å². The SMILES string of the molecule is Cc1cc(Br)ccc1NC(=O)CN1C(=O)[C@H]2[C@@H]3C=C[C@@H]([C@H]4C[C@H]34)[C@@H]2C1=O. The van der Waals surface area contributed by atoms with Crippen LogP contribution in [0.25, 0.3) is 0 Å². The quantitative estimate of drug-likeness (QED) is 0.610. The molecule has 0 spiro atoms. The predicted octanol–water partition coefficient (Wildman–Crippen LogP) is 2.75. The minimum atomic E-state index is -0.332. The van der Waals surface area contributed by atoms with Gasteiger partial charge in [-0.2, -0.15) is 0 Å². The van der Waals surface area contributed by atoms with Crippen molar-refractivity contribution in [3.05, 3.63) is 40.4 Å². The molecule has 1 saturated heterocycles. The van der Waals surface area contributed by atoms with E-state index in [1.807, 2.05) is 25.1 Å². The molecule has 6 rings (SSSR count). The second-order valence-electron chi connectivity index (χ2n) is 7.92. The van der Waals surface area contributed by atoms with Crippen molar-refractivity contribution < 1.29 is 14.4 Å². The first-order valence-corrected chi connectivity index (χ1v) is 9.84. The third-order valence-corrected chi connectivity index (χ3v) is 7.01. The Morgan fingerprint density at radius 2 is 1.77 bits per heavy atom. The molecule has 3 fully saturated rings. The largest absolute Gasteiger partial charge is 0.324 e. The highest BCUT2D eigenvalue weighted by molar-refractivity contribution is 9.10. The number of nitrogens with one attached hydrogen (secondary N) is 1. The standard InChI is InChI=1S/C20H19BrN2O3/c1-9-6-10(21)2-5-15(9)22-16(24)8-23-19(25)17-11-3-4-12(14-7-13(11)14)18(17)20(23)26/h2-6,11-14,17-18H,7-8H2,1H3,(H,22,24)/t11-,12+,13-,14-,17+,18+/m1/s1. The van der Waals surface area contributed by atoms with Crippen molar-refractivity contribution in [2.24, 2.45) is 35.5 Å². The van der Waals surface area contributed by atoms with Crippen LogP contribution in [-0.2, 0) is 14.4 Å². The molecule has 0 radical (unpaired) electrons. The van der Waals surface area contributed by atoms with Crippen molar-refractivity contribution in [2.75, 3.05) is 11.9 Å². The van der Waals surface area contributed by atoms with Gasteiger partial charge in [0.05, 0.1) is 11.8 Å². The zero-order valence-corrected chi connectivity index (χ0v) is 15.9. The zero-order chi connectivity index (χ0) is 18.2. The van der Waals surface area contributed by atoms with Gasteiger partial charge in [-0.05, 0) is 60.8 Å². The molecule has 1 N–H and O–H groups in total. The number of nitrogens with zero attached hydrogens (tertiary/aromatic N) is 1. The normalized spacial score (nSPS) is 36.2. The molecule has 2 bridgehead atoms. The minimum absolute atomic E-state index is 0.160. The Labute approximate surface area is 159 Å². The summed E-state index contributed by atoms with van der Waals surface area (Å²) in [5.41, 5.74) is 1.61. The van der Waals surface area contributed by atoms with Gasteiger partial charge in [-0.1, -0.05) is 28.1 Å². The molecule has 3 amide bonds. The van der Waals surface area contributed by atoms with Crippen molar-refractivity contribution >= 4 is 39.3 Å². The van der Waals surface area contributed by atoms with E-state index >= 15 is 0 Å². The van der Waals surface area contributed by atoms with Gasteiger partial charge < -0.3 is 5.32 Å². The van der Waals surface area contributed by atoms with Gasteiger partial charge in [0, 0.05) is 10.2 Å². The van der Waals surface area contributed by atoms with E-state index in [-0.39, 0.29) is 47.9 Å². The number of carbonyl (C=O) groups is 3. The van der Waals surface area contributed by atoms with Crippen LogP contribution >= 0.6 is 15.9 Å². The van der Waals surface area contributed by atoms with Crippen LogP contribution in [0.2, 0.25) is 0 Å². The van der Waals surface area contributed by atoms with Crippen molar-refractivity contribution in [3.63, 3.8) is 0 Å².